The predicted octanol–water partition coefficient (Wildman–Crippen LogP) is 4.09. The van der Waals surface area contributed by atoms with Gasteiger partial charge in [0.25, 0.3) is 17.7 Å². The average molecular weight is 489 g/mol. The zero-order chi connectivity index (χ0) is 25.3. The third-order valence-corrected chi connectivity index (χ3v) is 5.86. The molecule has 1 aliphatic heterocycles. The first-order valence-electron chi connectivity index (χ1n) is 10.6. The summed E-state index contributed by atoms with van der Waals surface area (Å²) < 4.78 is 0. The van der Waals surface area contributed by atoms with Crippen molar-refractivity contribution in [1.82, 2.24) is 0 Å². The molecule has 4 amide bonds. The molecule has 8 nitrogen and oxygen atoms in total. The number of carbonyl (C=O) groups excluding carboxylic acids is 4. The fourth-order valence-electron chi connectivity index (χ4n) is 3.49. The topological polar surface area (TPSA) is 122 Å². The number of imide groups is 1. The summed E-state index contributed by atoms with van der Waals surface area (Å²) in [5.74, 6) is -2.19. The lowest BCUT2D eigenvalue weighted by Crippen LogP contribution is -2.32. The molecular weight excluding hydrogens is 468 g/mol. The molecule has 0 bridgehead atoms. The second-order valence-corrected chi connectivity index (χ2v) is 8.40. The molecule has 1 aliphatic rings. The van der Waals surface area contributed by atoms with Gasteiger partial charge in [0, 0.05) is 22.5 Å². The summed E-state index contributed by atoms with van der Waals surface area (Å²) in [6.45, 7) is 3.69. The number of rotatable bonds is 6. The molecule has 9 heteroatoms. The van der Waals surface area contributed by atoms with E-state index in [9.17, 15) is 19.2 Å². The smallest absolute Gasteiger partial charge is 0.283 e. The number of aryl methyl sites for hydroxylation is 2. The zero-order valence-electron chi connectivity index (χ0n) is 18.9. The minimum atomic E-state index is -0.631. The minimum absolute atomic E-state index is 0.0695. The van der Waals surface area contributed by atoms with E-state index < -0.39 is 23.6 Å². The molecule has 0 atom stereocenters. The van der Waals surface area contributed by atoms with Gasteiger partial charge in [-0.1, -0.05) is 35.4 Å². The number of primary amides is 1. The molecule has 4 rings (SSSR count). The Balaban J connectivity index is 1.55. The van der Waals surface area contributed by atoms with Crippen LogP contribution in [0.1, 0.15) is 31.8 Å². The van der Waals surface area contributed by atoms with E-state index >= 15 is 0 Å². The van der Waals surface area contributed by atoms with Crippen molar-refractivity contribution in [1.29, 1.82) is 0 Å². The fourth-order valence-corrected chi connectivity index (χ4v) is 3.71. The van der Waals surface area contributed by atoms with Gasteiger partial charge in [0.15, 0.2) is 0 Å². The van der Waals surface area contributed by atoms with Crippen molar-refractivity contribution in [2.24, 2.45) is 5.73 Å². The van der Waals surface area contributed by atoms with Gasteiger partial charge in [0.2, 0.25) is 5.91 Å². The third-order valence-electron chi connectivity index (χ3n) is 5.51. The second-order valence-electron chi connectivity index (χ2n) is 8.02. The first-order valence-corrected chi connectivity index (χ1v) is 11.0. The van der Waals surface area contributed by atoms with E-state index in [1.165, 1.54) is 12.1 Å². The highest BCUT2D eigenvalue weighted by molar-refractivity contribution is 6.53. The first-order chi connectivity index (χ1) is 16.7. The zero-order valence-corrected chi connectivity index (χ0v) is 19.6. The molecule has 3 aromatic carbocycles. The highest BCUT2D eigenvalue weighted by atomic mass is 35.5. The quantitative estimate of drug-likeness (QED) is 0.451. The Morgan fingerprint density at radius 1 is 0.857 bits per heavy atom. The van der Waals surface area contributed by atoms with Crippen molar-refractivity contribution in [2.45, 2.75) is 13.8 Å². The maximum absolute atomic E-state index is 13.1. The minimum Gasteiger partial charge on any atom is -0.366 e. The largest absolute Gasteiger partial charge is 0.366 e. The van der Waals surface area contributed by atoms with E-state index in [0.717, 1.165) is 16.0 Å². The Morgan fingerprint density at radius 2 is 1.49 bits per heavy atom. The third kappa shape index (κ3) is 4.78. The van der Waals surface area contributed by atoms with Crippen molar-refractivity contribution in [3.63, 3.8) is 0 Å². The van der Waals surface area contributed by atoms with Gasteiger partial charge in [-0.2, -0.15) is 0 Å². The molecule has 1 heterocycles. The number of carbonyl (C=O) groups is 4. The van der Waals surface area contributed by atoms with Crippen LogP contribution in [0.25, 0.3) is 0 Å². The number of nitrogens with one attached hydrogen (secondary N) is 2. The average Bonchev–Trinajstić information content (AvgIpc) is 3.04. The fraction of sp³-hybridized carbons (Fsp3) is 0.0769. The summed E-state index contributed by atoms with van der Waals surface area (Å²) in [5, 5.41) is 5.43. The number of hydrogen-bond acceptors (Lipinski definition) is 5. The summed E-state index contributed by atoms with van der Waals surface area (Å²) in [7, 11) is 0. The number of halogens is 1. The Morgan fingerprint density at radius 3 is 2.11 bits per heavy atom. The summed E-state index contributed by atoms with van der Waals surface area (Å²) in [5.41, 5.74) is 8.85. The molecule has 0 fully saturated rings. The molecular formula is C26H21ClN4O4. The van der Waals surface area contributed by atoms with Crippen LogP contribution in [-0.4, -0.2) is 23.6 Å². The lowest BCUT2D eigenvalue weighted by molar-refractivity contribution is -0.120. The van der Waals surface area contributed by atoms with E-state index in [2.05, 4.69) is 10.6 Å². The Hall–Kier alpha value is -4.43. The van der Waals surface area contributed by atoms with Crippen LogP contribution in [0.15, 0.2) is 77.5 Å². The SMILES string of the molecule is Cc1ccc(N2C(=O)C(Cl)=C(Nc3cc(C(=O)Nc4ccc(C(N)=O)cc4)ccc3C)C2=O)cc1. The van der Waals surface area contributed by atoms with Gasteiger partial charge in [-0.25, -0.2) is 4.90 Å². The van der Waals surface area contributed by atoms with Gasteiger partial charge >= 0.3 is 0 Å². The lowest BCUT2D eigenvalue weighted by atomic mass is 10.1. The van der Waals surface area contributed by atoms with Crippen LogP contribution in [0.2, 0.25) is 0 Å². The number of hydrogen-bond donors (Lipinski definition) is 3. The Labute approximate surface area is 206 Å². The van der Waals surface area contributed by atoms with Crippen molar-refractivity contribution in [3.05, 3.63) is 99.7 Å². The molecule has 0 aliphatic carbocycles. The maximum atomic E-state index is 13.1. The highest BCUT2D eigenvalue weighted by Gasteiger charge is 2.39. The van der Waals surface area contributed by atoms with E-state index in [0.29, 0.717) is 28.2 Å². The van der Waals surface area contributed by atoms with Gasteiger partial charge < -0.3 is 16.4 Å². The van der Waals surface area contributed by atoms with Gasteiger partial charge in [-0.3, -0.25) is 19.2 Å². The first kappa shape index (κ1) is 23.7. The molecule has 0 saturated heterocycles. The molecule has 0 radical (unpaired) electrons. The summed E-state index contributed by atoms with van der Waals surface area (Å²) in [6.07, 6.45) is 0. The van der Waals surface area contributed by atoms with Crippen molar-refractivity contribution >= 4 is 52.3 Å². The summed E-state index contributed by atoms with van der Waals surface area (Å²) >= 11 is 6.24. The van der Waals surface area contributed by atoms with Crippen molar-refractivity contribution in [2.75, 3.05) is 15.5 Å². The maximum Gasteiger partial charge on any atom is 0.283 e. The Bertz CT molecular complexity index is 1400. The lowest BCUT2D eigenvalue weighted by Gasteiger charge is -2.16. The molecule has 35 heavy (non-hydrogen) atoms. The van der Waals surface area contributed by atoms with Crippen molar-refractivity contribution in [3.8, 4) is 0 Å². The molecule has 176 valence electrons. The second kappa shape index (κ2) is 9.44. The molecule has 0 spiro atoms. The van der Waals surface area contributed by atoms with E-state index in [-0.39, 0.29) is 10.7 Å². The van der Waals surface area contributed by atoms with Gasteiger partial charge in [0.1, 0.15) is 10.7 Å². The predicted molar refractivity (Wildman–Crippen MR) is 134 cm³/mol. The van der Waals surface area contributed by atoms with E-state index in [1.807, 2.05) is 6.92 Å². The molecule has 0 saturated carbocycles. The molecule has 0 unspecified atom stereocenters. The number of nitrogens with zero attached hydrogens (tertiary/aromatic N) is 1. The molecule has 3 aromatic rings. The van der Waals surface area contributed by atoms with Gasteiger partial charge in [-0.15, -0.1) is 0 Å². The molecule has 0 aromatic heterocycles. The molecule has 4 N–H and O–H groups in total. The van der Waals surface area contributed by atoms with Crippen LogP contribution >= 0.6 is 11.6 Å². The summed E-state index contributed by atoms with van der Waals surface area (Å²) in [6, 6.07) is 18.0. The van der Waals surface area contributed by atoms with Crippen LogP contribution in [0, 0.1) is 13.8 Å². The number of nitrogens with two attached hydrogens (primary N) is 1. The number of amides is 4. The van der Waals surface area contributed by atoms with Crippen LogP contribution < -0.4 is 21.3 Å². The Kier molecular flexibility index (Phi) is 6.40. The van der Waals surface area contributed by atoms with Crippen LogP contribution in [-0.2, 0) is 9.59 Å². The highest BCUT2D eigenvalue weighted by Crippen LogP contribution is 2.31. The van der Waals surface area contributed by atoms with Crippen molar-refractivity contribution < 1.29 is 19.2 Å². The number of anilines is 3. The van der Waals surface area contributed by atoms with Crippen LogP contribution in [0.4, 0.5) is 17.1 Å². The van der Waals surface area contributed by atoms with Gasteiger partial charge in [-0.05, 0) is 67.9 Å². The van der Waals surface area contributed by atoms with Crippen LogP contribution in [0.5, 0.6) is 0 Å². The van der Waals surface area contributed by atoms with E-state index in [1.54, 1.807) is 61.5 Å². The normalized spacial score (nSPS) is 13.3. The number of benzene rings is 3. The van der Waals surface area contributed by atoms with Gasteiger partial charge in [0.05, 0.1) is 5.69 Å². The summed E-state index contributed by atoms with van der Waals surface area (Å²) in [4.78, 5) is 50.8. The standard InChI is InChI=1S/C26H21ClN4O4/c1-14-3-11-19(12-4-14)31-25(34)21(27)22(26(31)35)30-20-13-17(6-5-15(20)2)24(33)29-18-9-7-16(8-10-18)23(28)32/h3-13,30H,1-2H3,(H2,28,32)(H,29,33). The van der Waals surface area contributed by atoms with Crippen LogP contribution in [0.3, 0.4) is 0 Å². The monoisotopic (exact) mass is 488 g/mol. The van der Waals surface area contributed by atoms with E-state index in [4.69, 9.17) is 17.3 Å².